The van der Waals surface area contributed by atoms with Gasteiger partial charge >= 0.3 is 0 Å². The van der Waals surface area contributed by atoms with Gasteiger partial charge in [-0.1, -0.05) is 20.3 Å². The second-order valence-electron chi connectivity index (χ2n) is 4.27. The fourth-order valence-corrected chi connectivity index (χ4v) is 2.86. The minimum Gasteiger partial charge on any atom is -0.390 e. The highest BCUT2D eigenvalue weighted by Crippen LogP contribution is 2.15. The van der Waals surface area contributed by atoms with Gasteiger partial charge in [-0.15, -0.1) is 0 Å². The smallest absolute Gasteiger partial charge is 0.242 e. The Morgan fingerprint density at radius 1 is 1.33 bits per heavy atom. The van der Waals surface area contributed by atoms with Gasteiger partial charge in [-0.05, 0) is 18.9 Å². The van der Waals surface area contributed by atoms with Gasteiger partial charge in [-0.3, -0.25) is 0 Å². The van der Waals surface area contributed by atoms with Crippen LogP contribution in [0, 0.1) is 0 Å². The minimum absolute atomic E-state index is 0.148. The maximum Gasteiger partial charge on any atom is 0.242 e. The van der Waals surface area contributed by atoms with Crippen molar-refractivity contribution in [2.45, 2.75) is 51.2 Å². The largest absolute Gasteiger partial charge is 0.390 e. The Kier molecular flexibility index (Phi) is 5.84. The molecule has 1 aromatic heterocycles. The van der Waals surface area contributed by atoms with Crippen molar-refractivity contribution >= 4 is 10.0 Å². The van der Waals surface area contributed by atoms with Crippen LogP contribution in [0.15, 0.2) is 17.2 Å². The third kappa shape index (κ3) is 3.83. The molecule has 0 aliphatic rings. The number of nitrogens with one attached hydrogen (secondary N) is 1. The molecule has 0 radical (unpaired) electrons. The van der Waals surface area contributed by atoms with Crippen molar-refractivity contribution in [1.82, 2.24) is 9.29 Å². The summed E-state index contributed by atoms with van der Waals surface area (Å²) < 4.78 is 28.3. The van der Waals surface area contributed by atoms with Crippen LogP contribution in [-0.4, -0.2) is 24.6 Å². The summed E-state index contributed by atoms with van der Waals surface area (Å²) in [6.07, 6.45) is 4.25. The second kappa shape index (κ2) is 6.92. The quantitative estimate of drug-likeness (QED) is 0.705. The van der Waals surface area contributed by atoms with Crippen LogP contribution >= 0.6 is 0 Å². The van der Waals surface area contributed by atoms with Crippen molar-refractivity contribution < 1.29 is 13.5 Å². The van der Waals surface area contributed by atoms with Crippen LogP contribution in [-0.2, 0) is 23.2 Å². The first-order valence-corrected chi connectivity index (χ1v) is 7.83. The Bertz CT molecular complexity index is 466. The number of aliphatic hydroxyl groups is 1. The van der Waals surface area contributed by atoms with Crippen LogP contribution < -0.4 is 4.72 Å². The van der Waals surface area contributed by atoms with Crippen LogP contribution in [0.2, 0.25) is 0 Å². The molecule has 0 spiro atoms. The molecule has 1 heterocycles. The van der Waals surface area contributed by atoms with E-state index in [-0.39, 0.29) is 11.5 Å². The highest BCUT2D eigenvalue weighted by Gasteiger charge is 2.17. The first kappa shape index (κ1) is 15.2. The molecule has 0 saturated heterocycles. The molecule has 0 aliphatic heterocycles. The maximum absolute atomic E-state index is 12.0. The van der Waals surface area contributed by atoms with Crippen LogP contribution in [0.4, 0.5) is 0 Å². The Labute approximate surface area is 109 Å². The van der Waals surface area contributed by atoms with Gasteiger partial charge in [-0.2, -0.15) is 0 Å². The molecule has 0 aliphatic carbocycles. The van der Waals surface area contributed by atoms with E-state index in [4.69, 9.17) is 0 Å². The van der Waals surface area contributed by atoms with E-state index in [2.05, 4.69) is 4.72 Å². The Morgan fingerprint density at radius 2 is 2.06 bits per heavy atom. The van der Waals surface area contributed by atoms with E-state index >= 15 is 0 Å². The van der Waals surface area contributed by atoms with Crippen molar-refractivity contribution in [3.05, 3.63) is 18.0 Å². The Balaban J connectivity index is 2.88. The predicted molar refractivity (Wildman–Crippen MR) is 70.7 cm³/mol. The molecule has 1 aromatic rings. The molecule has 1 rings (SSSR count). The number of rotatable bonds is 8. The number of aliphatic hydroxyl groups excluding tert-OH is 1. The molecule has 5 nitrogen and oxygen atoms in total. The van der Waals surface area contributed by atoms with Crippen molar-refractivity contribution in [2.24, 2.45) is 0 Å². The molecule has 0 unspecified atom stereocenters. The number of aryl methyl sites for hydroxylation is 1. The normalized spacial score (nSPS) is 11.9. The number of nitrogens with zero attached hydrogens (tertiary/aromatic N) is 1. The van der Waals surface area contributed by atoms with E-state index in [0.29, 0.717) is 18.8 Å². The summed E-state index contributed by atoms with van der Waals surface area (Å²) in [5.74, 6) is 0. The van der Waals surface area contributed by atoms with Crippen LogP contribution in [0.25, 0.3) is 0 Å². The lowest BCUT2D eigenvalue weighted by molar-refractivity contribution is 0.270. The van der Waals surface area contributed by atoms with Crippen molar-refractivity contribution in [2.75, 3.05) is 6.54 Å². The van der Waals surface area contributed by atoms with Gasteiger partial charge in [0.05, 0.1) is 11.5 Å². The molecule has 0 bridgehead atoms. The third-order valence-electron chi connectivity index (χ3n) is 2.72. The fraction of sp³-hybridized carbons (Fsp3) is 0.667. The van der Waals surface area contributed by atoms with E-state index in [1.165, 1.54) is 6.07 Å². The van der Waals surface area contributed by atoms with Crippen LogP contribution in [0.5, 0.6) is 0 Å². The molecule has 0 aromatic carbocycles. The zero-order chi connectivity index (χ0) is 13.6. The minimum atomic E-state index is -3.44. The Hall–Kier alpha value is -0.850. The van der Waals surface area contributed by atoms with E-state index in [0.717, 1.165) is 19.3 Å². The average Bonchev–Trinajstić information content (AvgIpc) is 2.74. The van der Waals surface area contributed by atoms with Gasteiger partial charge in [0.15, 0.2) is 0 Å². The predicted octanol–water partition coefficient (Wildman–Crippen LogP) is 1.47. The molecule has 0 atom stereocenters. The van der Waals surface area contributed by atoms with Gasteiger partial charge < -0.3 is 9.67 Å². The molecular weight excluding hydrogens is 252 g/mol. The monoisotopic (exact) mass is 274 g/mol. The molecule has 0 amide bonds. The summed E-state index contributed by atoms with van der Waals surface area (Å²) in [6, 6.07) is 1.53. The summed E-state index contributed by atoms with van der Waals surface area (Å²) in [4.78, 5) is 0.233. The molecule has 104 valence electrons. The standard InChI is InChI=1S/C12H22N2O3S/c1-3-5-6-13-18(16,17)12-8-11(10-15)14(9-12)7-4-2/h8-9,13,15H,3-7,10H2,1-2H3. The van der Waals surface area contributed by atoms with Crippen molar-refractivity contribution in [3.63, 3.8) is 0 Å². The molecular formula is C12H22N2O3S. The summed E-state index contributed by atoms with van der Waals surface area (Å²) in [5, 5.41) is 9.20. The molecule has 0 fully saturated rings. The second-order valence-corrected chi connectivity index (χ2v) is 6.04. The van der Waals surface area contributed by atoms with Gasteiger partial charge in [-0.25, -0.2) is 13.1 Å². The van der Waals surface area contributed by atoms with Gasteiger partial charge in [0, 0.05) is 25.0 Å². The summed E-state index contributed by atoms with van der Waals surface area (Å²) in [5.41, 5.74) is 0.632. The number of sulfonamides is 1. The van der Waals surface area contributed by atoms with Crippen LogP contribution in [0.3, 0.4) is 0 Å². The lowest BCUT2D eigenvalue weighted by Gasteiger charge is -2.04. The van der Waals surface area contributed by atoms with Crippen LogP contribution in [0.1, 0.15) is 38.8 Å². The Morgan fingerprint density at radius 3 is 2.61 bits per heavy atom. The molecule has 0 saturated carbocycles. The highest BCUT2D eigenvalue weighted by atomic mass is 32.2. The highest BCUT2D eigenvalue weighted by molar-refractivity contribution is 7.89. The van der Waals surface area contributed by atoms with Gasteiger partial charge in [0.1, 0.15) is 0 Å². The molecule has 2 N–H and O–H groups in total. The van der Waals surface area contributed by atoms with E-state index in [1.807, 2.05) is 13.8 Å². The lowest BCUT2D eigenvalue weighted by atomic mass is 10.3. The first-order chi connectivity index (χ1) is 8.55. The number of aromatic nitrogens is 1. The van der Waals surface area contributed by atoms with E-state index < -0.39 is 10.0 Å². The lowest BCUT2D eigenvalue weighted by Crippen LogP contribution is -2.24. The zero-order valence-corrected chi connectivity index (χ0v) is 11.8. The third-order valence-corrected chi connectivity index (χ3v) is 4.15. The average molecular weight is 274 g/mol. The maximum atomic E-state index is 12.0. The summed E-state index contributed by atoms with van der Waals surface area (Å²) in [6.45, 7) is 5.03. The summed E-state index contributed by atoms with van der Waals surface area (Å²) >= 11 is 0. The summed E-state index contributed by atoms with van der Waals surface area (Å²) in [7, 11) is -3.44. The SMILES string of the molecule is CCCCNS(=O)(=O)c1cc(CO)n(CCC)c1. The van der Waals surface area contributed by atoms with E-state index in [9.17, 15) is 13.5 Å². The van der Waals surface area contributed by atoms with Crippen molar-refractivity contribution in [1.29, 1.82) is 0 Å². The number of hydrogen-bond acceptors (Lipinski definition) is 3. The topological polar surface area (TPSA) is 71.3 Å². The molecule has 18 heavy (non-hydrogen) atoms. The zero-order valence-electron chi connectivity index (χ0n) is 11.0. The number of unbranched alkanes of at least 4 members (excludes halogenated alkanes) is 1. The van der Waals surface area contributed by atoms with Gasteiger partial charge in [0.25, 0.3) is 0 Å². The fourth-order valence-electron chi connectivity index (χ4n) is 1.72. The van der Waals surface area contributed by atoms with Crippen molar-refractivity contribution in [3.8, 4) is 0 Å². The van der Waals surface area contributed by atoms with E-state index in [1.54, 1.807) is 10.8 Å². The first-order valence-electron chi connectivity index (χ1n) is 6.34. The number of hydrogen-bond donors (Lipinski definition) is 2. The van der Waals surface area contributed by atoms with Gasteiger partial charge in [0.2, 0.25) is 10.0 Å². The molecule has 6 heteroatoms.